The zero-order valence-electron chi connectivity index (χ0n) is 16.3. The van der Waals surface area contributed by atoms with Crippen LogP contribution in [0.2, 0.25) is 0 Å². The van der Waals surface area contributed by atoms with E-state index in [1.165, 1.54) is 37.1 Å². The zero-order chi connectivity index (χ0) is 18.6. The van der Waals surface area contributed by atoms with Gasteiger partial charge in [0.15, 0.2) is 10.8 Å². The molecule has 0 spiro atoms. The summed E-state index contributed by atoms with van der Waals surface area (Å²) >= 11 is 6.06. The number of hydrogen-bond acceptors (Lipinski definition) is 5. The maximum absolute atomic E-state index is 9.95. The van der Waals surface area contributed by atoms with Crippen molar-refractivity contribution in [3.63, 3.8) is 0 Å². The maximum Gasteiger partial charge on any atom is 0.174 e. The molecular formula is C19H34N5OS+. The largest absolute Gasteiger partial charge is 0.393 e. The van der Waals surface area contributed by atoms with Gasteiger partial charge in [0.05, 0.1) is 25.2 Å². The number of hydrogen-bond donors (Lipinski definition) is 1. The lowest BCUT2D eigenvalue weighted by atomic mass is 9.85. The van der Waals surface area contributed by atoms with E-state index < -0.39 is 0 Å². The van der Waals surface area contributed by atoms with Crippen LogP contribution in [0.25, 0.3) is 0 Å². The molecule has 1 aromatic rings. The van der Waals surface area contributed by atoms with E-state index in [0.29, 0.717) is 12.1 Å². The van der Waals surface area contributed by atoms with Crippen LogP contribution >= 0.6 is 12.2 Å². The molecule has 1 unspecified atom stereocenters. The van der Waals surface area contributed by atoms with Gasteiger partial charge in [-0.3, -0.25) is 4.48 Å². The Morgan fingerprint density at radius 1 is 1.12 bits per heavy atom. The molecule has 1 N–H and O–H groups in total. The number of tetrazole rings is 1. The second-order valence-electron chi connectivity index (χ2n) is 8.37. The van der Waals surface area contributed by atoms with Crippen molar-refractivity contribution in [2.75, 3.05) is 7.05 Å². The van der Waals surface area contributed by atoms with Crippen molar-refractivity contribution in [3.05, 3.63) is 5.82 Å². The SMILES string of the molecule is Cn1nnnc1CCCC(=S)[N+](C)(C1CCCCC1)C1CCC(O)CC1. The summed E-state index contributed by atoms with van der Waals surface area (Å²) in [4.78, 5) is 1.20. The first-order valence-corrected chi connectivity index (χ1v) is 10.7. The van der Waals surface area contributed by atoms with Gasteiger partial charge < -0.3 is 5.11 Å². The molecule has 2 saturated carbocycles. The Balaban J connectivity index is 1.67. The fourth-order valence-corrected chi connectivity index (χ4v) is 5.46. The van der Waals surface area contributed by atoms with Crippen molar-refractivity contribution in [2.24, 2.45) is 7.05 Å². The molecule has 146 valence electrons. The van der Waals surface area contributed by atoms with Crippen LogP contribution in [0.3, 0.4) is 0 Å². The first-order chi connectivity index (χ1) is 12.5. The number of thiocarbonyl (C=S) groups is 1. The molecule has 0 aliphatic heterocycles. The predicted molar refractivity (Wildman–Crippen MR) is 106 cm³/mol. The molecule has 1 atom stereocenters. The molecule has 2 fully saturated rings. The third kappa shape index (κ3) is 4.31. The first-order valence-electron chi connectivity index (χ1n) is 10.3. The zero-order valence-corrected chi connectivity index (χ0v) is 17.1. The lowest BCUT2D eigenvalue weighted by molar-refractivity contribution is -0.875. The summed E-state index contributed by atoms with van der Waals surface area (Å²) in [6.07, 6.45) is 13.4. The third-order valence-electron chi connectivity index (χ3n) is 6.79. The van der Waals surface area contributed by atoms with Crippen molar-refractivity contribution in [1.29, 1.82) is 0 Å². The molecule has 0 amide bonds. The number of aromatic nitrogens is 4. The first kappa shape index (κ1) is 19.8. The minimum Gasteiger partial charge on any atom is -0.393 e. The molecule has 0 aromatic carbocycles. The molecule has 7 heteroatoms. The van der Waals surface area contributed by atoms with E-state index in [1.54, 1.807) is 4.68 Å². The third-order valence-corrected chi connectivity index (χ3v) is 7.39. The van der Waals surface area contributed by atoms with E-state index in [2.05, 4.69) is 22.6 Å². The van der Waals surface area contributed by atoms with Crippen LogP contribution in [0.5, 0.6) is 0 Å². The summed E-state index contributed by atoms with van der Waals surface area (Å²) in [7, 11) is 4.29. The number of nitrogens with zero attached hydrogens (tertiary/aromatic N) is 5. The van der Waals surface area contributed by atoms with Crippen molar-refractivity contribution < 1.29 is 9.59 Å². The van der Waals surface area contributed by atoms with Gasteiger partial charge in [0.2, 0.25) is 0 Å². The standard InChI is InChI=1S/C19H34N5OS/c1-23-18(20-21-22-23)9-6-10-19(26)24(2,15-7-4-3-5-8-15)16-11-13-17(25)14-12-16/h15-17,25H,3-14H2,1-2H3/q+1. The molecule has 2 aliphatic rings. The lowest BCUT2D eigenvalue weighted by Crippen LogP contribution is -2.62. The van der Waals surface area contributed by atoms with Crippen molar-refractivity contribution in [1.82, 2.24) is 20.2 Å². The number of aliphatic hydroxyl groups is 1. The fraction of sp³-hybridized carbons (Fsp3) is 0.895. The van der Waals surface area contributed by atoms with E-state index in [0.717, 1.165) is 55.3 Å². The molecular weight excluding hydrogens is 346 g/mol. The smallest absolute Gasteiger partial charge is 0.174 e. The highest BCUT2D eigenvalue weighted by Gasteiger charge is 2.45. The molecule has 6 nitrogen and oxygen atoms in total. The second-order valence-corrected chi connectivity index (χ2v) is 8.84. The van der Waals surface area contributed by atoms with Gasteiger partial charge in [-0.2, -0.15) is 0 Å². The minimum absolute atomic E-state index is 0.108. The summed E-state index contributed by atoms with van der Waals surface area (Å²) in [5, 5.41) is 21.7. The van der Waals surface area contributed by atoms with Crippen LogP contribution in [-0.4, -0.2) is 60.0 Å². The highest BCUT2D eigenvalue weighted by Crippen LogP contribution is 2.37. The summed E-state index contributed by atoms with van der Waals surface area (Å²) in [5.74, 6) is 0.931. The molecule has 1 aromatic heterocycles. The summed E-state index contributed by atoms with van der Waals surface area (Å²) < 4.78 is 2.71. The predicted octanol–water partition coefficient (Wildman–Crippen LogP) is 2.94. The highest BCUT2D eigenvalue weighted by atomic mass is 32.1. The second kappa shape index (κ2) is 8.85. The van der Waals surface area contributed by atoms with Crippen molar-refractivity contribution in [3.8, 4) is 0 Å². The Labute approximate surface area is 162 Å². The topological polar surface area (TPSA) is 63.8 Å². The number of aryl methyl sites for hydroxylation is 2. The Bertz CT molecular complexity index is 593. The van der Waals surface area contributed by atoms with Gasteiger partial charge in [0.25, 0.3) is 0 Å². The lowest BCUT2D eigenvalue weighted by Gasteiger charge is -2.50. The van der Waals surface area contributed by atoms with Gasteiger partial charge >= 0.3 is 0 Å². The number of aliphatic hydroxyl groups excluding tert-OH is 1. The average Bonchev–Trinajstić information content (AvgIpc) is 3.07. The normalized spacial score (nSPS) is 27.2. The number of rotatable bonds is 6. The van der Waals surface area contributed by atoms with Gasteiger partial charge in [0, 0.05) is 32.7 Å². The molecule has 1 heterocycles. The number of quaternary nitrogens is 1. The van der Waals surface area contributed by atoms with Crippen molar-refractivity contribution >= 4 is 17.2 Å². The highest BCUT2D eigenvalue weighted by molar-refractivity contribution is 7.80. The van der Waals surface area contributed by atoms with Crippen LogP contribution in [0, 0.1) is 0 Å². The van der Waals surface area contributed by atoms with E-state index >= 15 is 0 Å². The van der Waals surface area contributed by atoms with Gasteiger partial charge in [-0.15, -0.1) is 5.10 Å². The Kier molecular flexibility index (Phi) is 6.75. The van der Waals surface area contributed by atoms with Gasteiger partial charge in [-0.05, 0) is 67.6 Å². The molecule has 0 saturated heterocycles. The Morgan fingerprint density at radius 3 is 2.38 bits per heavy atom. The van der Waals surface area contributed by atoms with E-state index in [-0.39, 0.29) is 6.10 Å². The van der Waals surface area contributed by atoms with E-state index in [1.807, 2.05) is 7.05 Å². The van der Waals surface area contributed by atoms with Gasteiger partial charge in [-0.25, -0.2) is 4.68 Å². The maximum atomic E-state index is 9.95. The Hall–Kier alpha value is -0.920. The molecule has 0 bridgehead atoms. The van der Waals surface area contributed by atoms with E-state index in [9.17, 15) is 5.11 Å². The average molecular weight is 381 g/mol. The molecule has 26 heavy (non-hydrogen) atoms. The van der Waals surface area contributed by atoms with E-state index in [4.69, 9.17) is 12.2 Å². The Morgan fingerprint density at radius 2 is 1.77 bits per heavy atom. The molecule has 0 radical (unpaired) electrons. The summed E-state index contributed by atoms with van der Waals surface area (Å²) in [5.41, 5.74) is 0. The van der Waals surface area contributed by atoms with Crippen LogP contribution in [0.4, 0.5) is 0 Å². The summed E-state index contributed by atoms with van der Waals surface area (Å²) in [6, 6.07) is 1.23. The summed E-state index contributed by atoms with van der Waals surface area (Å²) in [6.45, 7) is 0. The monoisotopic (exact) mass is 380 g/mol. The minimum atomic E-state index is -0.108. The van der Waals surface area contributed by atoms with Crippen molar-refractivity contribution in [2.45, 2.75) is 95.2 Å². The van der Waals surface area contributed by atoms with Crippen LogP contribution in [0.15, 0.2) is 0 Å². The van der Waals surface area contributed by atoms with Crippen LogP contribution in [-0.2, 0) is 13.5 Å². The van der Waals surface area contributed by atoms with Crippen LogP contribution < -0.4 is 0 Å². The fourth-order valence-electron chi connectivity index (χ4n) is 5.02. The molecule has 3 rings (SSSR count). The van der Waals surface area contributed by atoms with Crippen LogP contribution in [0.1, 0.15) is 76.5 Å². The van der Waals surface area contributed by atoms with Gasteiger partial charge in [-0.1, -0.05) is 6.42 Å². The molecule has 2 aliphatic carbocycles. The quantitative estimate of drug-likeness (QED) is 0.607. The van der Waals surface area contributed by atoms with Gasteiger partial charge in [0.1, 0.15) is 0 Å².